The van der Waals surface area contributed by atoms with Gasteiger partial charge in [-0.2, -0.15) is 4.31 Å². The summed E-state index contributed by atoms with van der Waals surface area (Å²) in [6.45, 7) is 4.80. The van der Waals surface area contributed by atoms with Gasteiger partial charge in [-0.25, -0.2) is 8.42 Å². The molecule has 0 saturated carbocycles. The second kappa shape index (κ2) is 9.32. The molecule has 2 aliphatic rings. The van der Waals surface area contributed by atoms with E-state index in [9.17, 15) is 18.0 Å². The van der Waals surface area contributed by atoms with E-state index in [0.717, 1.165) is 0 Å². The number of fused-ring (bicyclic) bond motifs is 1. The minimum absolute atomic E-state index is 0.132. The second-order valence-corrected chi connectivity index (χ2v) is 9.51. The van der Waals surface area contributed by atoms with Crippen molar-refractivity contribution in [3.8, 4) is 5.75 Å². The number of anilines is 1. The van der Waals surface area contributed by atoms with Crippen LogP contribution in [-0.4, -0.2) is 64.0 Å². The largest absolute Gasteiger partial charge is 0.478 e. The fourth-order valence-corrected chi connectivity index (χ4v) is 5.51. The summed E-state index contributed by atoms with van der Waals surface area (Å²) in [5.74, 6) is -0.455. The lowest BCUT2D eigenvalue weighted by molar-refractivity contribution is -0.126. The zero-order valence-electron chi connectivity index (χ0n) is 17.6. The molecule has 0 aliphatic carbocycles. The third-order valence-electron chi connectivity index (χ3n) is 5.45. The van der Waals surface area contributed by atoms with E-state index in [4.69, 9.17) is 9.47 Å². The lowest BCUT2D eigenvalue weighted by Crippen LogP contribution is -2.46. The summed E-state index contributed by atoms with van der Waals surface area (Å²) in [6.07, 6.45) is 1.08. The van der Waals surface area contributed by atoms with Gasteiger partial charge in [0.1, 0.15) is 5.75 Å². The summed E-state index contributed by atoms with van der Waals surface area (Å²) < 4.78 is 38.8. The maximum absolute atomic E-state index is 13.4. The Morgan fingerprint density at radius 1 is 1.40 bits per heavy atom. The van der Waals surface area contributed by atoms with Gasteiger partial charge in [0.05, 0.1) is 23.1 Å². The topological polar surface area (TPSA) is 114 Å². The number of nitrogens with one attached hydrogen (secondary N) is 2. The van der Waals surface area contributed by atoms with Crippen molar-refractivity contribution in [3.05, 3.63) is 17.7 Å². The van der Waals surface area contributed by atoms with Crippen LogP contribution in [0.25, 0.3) is 0 Å². The molecule has 2 aliphatic heterocycles. The summed E-state index contributed by atoms with van der Waals surface area (Å²) in [4.78, 5) is 24.5. The Morgan fingerprint density at radius 3 is 2.87 bits per heavy atom. The molecule has 166 valence electrons. The Bertz CT molecular complexity index is 917. The van der Waals surface area contributed by atoms with E-state index in [2.05, 4.69) is 10.6 Å². The number of nitrogens with zero attached hydrogens (tertiary/aromatic N) is 1. The van der Waals surface area contributed by atoms with Crippen LogP contribution in [0.2, 0.25) is 0 Å². The number of carbonyl (C=O) groups excluding carboxylic acids is 2. The van der Waals surface area contributed by atoms with Crippen LogP contribution in [0.4, 0.5) is 5.69 Å². The molecule has 9 nitrogen and oxygen atoms in total. The maximum atomic E-state index is 13.4. The number of aryl methyl sites for hydroxylation is 1. The molecule has 1 saturated heterocycles. The monoisotopic (exact) mass is 439 g/mol. The first-order valence-electron chi connectivity index (χ1n) is 10.2. The molecule has 0 radical (unpaired) electrons. The van der Waals surface area contributed by atoms with E-state index in [1.165, 1.54) is 10.4 Å². The van der Waals surface area contributed by atoms with Crippen LogP contribution in [0.3, 0.4) is 0 Å². The molecule has 3 rings (SSSR count). The number of hydrogen-bond donors (Lipinski definition) is 2. The van der Waals surface area contributed by atoms with Crippen molar-refractivity contribution < 1.29 is 27.5 Å². The molecule has 10 heteroatoms. The predicted octanol–water partition coefficient (Wildman–Crippen LogP) is 1.27. The van der Waals surface area contributed by atoms with Crippen LogP contribution in [0.5, 0.6) is 5.75 Å². The highest BCUT2D eigenvalue weighted by Gasteiger charge is 2.35. The second-order valence-electron chi connectivity index (χ2n) is 7.60. The molecular weight excluding hydrogens is 410 g/mol. The number of carbonyl (C=O) groups is 2. The van der Waals surface area contributed by atoms with E-state index in [1.54, 1.807) is 20.1 Å². The van der Waals surface area contributed by atoms with Crippen LogP contribution < -0.4 is 15.4 Å². The molecule has 2 unspecified atom stereocenters. The number of rotatable bonds is 7. The van der Waals surface area contributed by atoms with Gasteiger partial charge in [-0.15, -0.1) is 0 Å². The van der Waals surface area contributed by atoms with Crippen molar-refractivity contribution in [2.24, 2.45) is 5.92 Å². The average Bonchev–Trinajstić information content (AvgIpc) is 2.73. The van der Waals surface area contributed by atoms with Gasteiger partial charge in [0.2, 0.25) is 15.9 Å². The quantitative estimate of drug-likeness (QED) is 0.619. The van der Waals surface area contributed by atoms with Crippen LogP contribution in [0, 0.1) is 12.8 Å². The fourth-order valence-electron chi connectivity index (χ4n) is 3.77. The van der Waals surface area contributed by atoms with Crippen LogP contribution in [0.15, 0.2) is 17.0 Å². The van der Waals surface area contributed by atoms with Gasteiger partial charge in [0.25, 0.3) is 5.91 Å². The number of hydrogen-bond acceptors (Lipinski definition) is 6. The SMILES string of the molecule is CCC1Oc2cc(S(=O)(=O)N3CCCC(C(=O)NCCOC)C3)c(C)cc2NC1=O. The Hall–Kier alpha value is -2.17. The van der Waals surface area contributed by atoms with Crippen LogP contribution >= 0.6 is 0 Å². The Morgan fingerprint density at radius 2 is 2.17 bits per heavy atom. The number of piperidine rings is 1. The molecule has 2 heterocycles. The molecule has 0 bridgehead atoms. The molecule has 2 atom stereocenters. The fraction of sp³-hybridized carbons (Fsp3) is 0.600. The van der Waals surface area contributed by atoms with Gasteiger partial charge >= 0.3 is 0 Å². The molecule has 30 heavy (non-hydrogen) atoms. The lowest BCUT2D eigenvalue weighted by atomic mass is 9.99. The molecule has 2 amide bonds. The predicted molar refractivity (Wildman–Crippen MR) is 111 cm³/mol. The molecule has 1 aromatic carbocycles. The summed E-state index contributed by atoms with van der Waals surface area (Å²) in [6, 6.07) is 3.09. The van der Waals surface area contributed by atoms with E-state index in [1.807, 2.05) is 6.92 Å². The van der Waals surface area contributed by atoms with Crippen molar-refractivity contribution in [1.82, 2.24) is 9.62 Å². The van der Waals surface area contributed by atoms with Crippen molar-refractivity contribution in [1.29, 1.82) is 0 Å². The standard InChI is InChI=1S/C20H29N3O6S/c1-4-16-20(25)22-15-10-13(2)18(11-17(15)29-16)30(26,27)23-8-5-6-14(12-23)19(24)21-7-9-28-3/h10-11,14,16H,4-9,12H2,1-3H3,(H,21,24)(H,22,25). The van der Waals surface area contributed by atoms with Crippen LogP contribution in [-0.2, 0) is 24.3 Å². The number of ether oxygens (including phenoxy) is 2. The summed E-state index contributed by atoms with van der Waals surface area (Å²) >= 11 is 0. The molecule has 1 aromatic rings. The highest BCUT2D eigenvalue weighted by Crippen LogP contribution is 2.36. The van der Waals surface area contributed by atoms with Crippen molar-refractivity contribution in [2.75, 3.05) is 38.7 Å². The first-order chi connectivity index (χ1) is 14.3. The van der Waals surface area contributed by atoms with Crippen molar-refractivity contribution in [3.63, 3.8) is 0 Å². The molecular formula is C20H29N3O6S. The Balaban J connectivity index is 1.81. The summed E-state index contributed by atoms with van der Waals surface area (Å²) in [7, 11) is -2.26. The van der Waals surface area contributed by atoms with Gasteiger partial charge in [-0.1, -0.05) is 6.92 Å². The van der Waals surface area contributed by atoms with Gasteiger partial charge in [0.15, 0.2) is 6.10 Å². The first kappa shape index (κ1) is 22.5. The smallest absolute Gasteiger partial charge is 0.265 e. The highest BCUT2D eigenvalue weighted by atomic mass is 32.2. The number of benzene rings is 1. The molecule has 0 aromatic heterocycles. The lowest BCUT2D eigenvalue weighted by Gasteiger charge is -2.32. The number of amides is 2. The van der Waals surface area contributed by atoms with Gasteiger partial charge in [0, 0.05) is 32.8 Å². The average molecular weight is 440 g/mol. The molecule has 1 fully saturated rings. The zero-order valence-corrected chi connectivity index (χ0v) is 18.4. The maximum Gasteiger partial charge on any atom is 0.265 e. The summed E-state index contributed by atoms with van der Waals surface area (Å²) in [5.41, 5.74) is 0.981. The Labute approximate surface area is 177 Å². The summed E-state index contributed by atoms with van der Waals surface area (Å²) in [5, 5.41) is 5.56. The van der Waals surface area contributed by atoms with Gasteiger partial charge in [-0.05, 0) is 37.8 Å². The zero-order chi connectivity index (χ0) is 21.9. The van der Waals surface area contributed by atoms with E-state index < -0.39 is 22.0 Å². The van der Waals surface area contributed by atoms with Crippen molar-refractivity contribution >= 4 is 27.5 Å². The number of sulfonamides is 1. The minimum Gasteiger partial charge on any atom is -0.478 e. The third-order valence-corrected chi connectivity index (χ3v) is 7.45. The number of methoxy groups -OCH3 is 1. The van der Waals surface area contributed by atoms with E-state index in [-0.39, 0.29) is 23.3 Å². The normalized spacial score (nSPS) is 22.0. The Kier molecular flexibility index (Phi) is 6.99. The van der Waals surface area contributed by atoms with E-state index in [0.29, 0.717) is 56.0 Å². The third kappa shape index (κ3) is 4.60. The first-order valence-corrected chi connectivity index (χ1v) is 11.6. The van der Waals surface area contributed by atoms with Crippen molar-refractivity contribution in [2.45, 2.75) is 44.1 Å². The van der Waals surface area contributed by atoms with Crippen LogP contribution in [0.1, 0.15) is 31.7 Å². The van der Waals surface area contributed by atoms with E-state index >= 15 is 0 Å². The molecule has 2 N–H and O–H groups in total. The van der Waals surface area contributed by atoms with Gasteiger partial charge < -0.3 is 20.1 Å². The molecule has 0 spiro atoms. The highest BCUT2D eigenvalue weighted by molar-refractivity contribution is 7.89. The van der Waals surface area contributed by atoms with Gasteiger partial charge in [-0.3, -0.25) is 9.59 Å². The minimum atomic E-state index is -3.82.